The molecule has 1 unspecified atom stereocenters. The third-order valence-corrected chi connectivity index (χ3v) is 7.60. The highest BCUT2D eigenvalue weighted by Crippen LogP contribution is 2.37. The lowest BCUT2D eigenvalue weighted by molar-refractivity contribution is -0.385. The maximum absolute atomic E-state index is 12.8. The first-order valence-corrected chi connectivity index (χ1v) is 15.4. The van der Waals surface area contributed by atoms with E-state index in [2.05, 4.69) is 4.98 Å². The average Bonchev–Trinajstić information content (AvgIpc) is 3.04. The Morgan fingerprint density at radius 3 is 2.33 bits per heavy atom. The van der Waals surface area contributed by atoms with Crippen molar-refractivity contribution in [3.63, 3.8) is 0 Å². The number of anilines is 1. The van der Waals surface area contributed by atoms with E-state index in [9.17, 15) is 42.5 Å². The van der Waals surface area contributed by atoms with Gasteiger partial charge in [-0.2, -0.15) is 18.2 Å². The summed E-state index contributed by atoms with van der Waals surface area (Å²) in [6, 6.07) is 5.39. The van der Waals surface area contributed by atoms with Gasteiger partial charge in [0.25, 0.3) is 5.69 Å². The van der Waals surface area contributed by atoms with E-state index < -0.39 is 51.6 Å². The van der Waals surface area contributed by atoms with Crippen molar-refractivity contribution in [3.05, 3.63) is 83.6 Å². The molecule has 1 fully saturated rings. The Hall–Kier alpha value is -4.93. The summed E-state index contributed by atoms with van der Waals surface area (Å²) in [5.74, 6) is -1.96. The van der Waals surface area contributed by atoms with Crippen LogP contribution in [0.3, 0.4) is 0 Å². The van der Waals surface area contributed by atoms with Crippen LogP contribution in [0.5, 0.6) is 11.5 Å². The van der Waals surface area contributed by atoms with Crippen LogP contribution in [0.2, 0.25) is 5.02 Å². The fraction of sp³-hybridized carbons (Fsp3) is 0.452. The molecule has 1 heterocycles. The van der Waals surface area contributed by atoms with Crippen LogP contribution < -0.4 is 21.0 Å². The van der Waals surface area contributed by atoms with E-state index in [1.165, 1.54) is 22.5 Å². The van der Waals surface area contributed by atoms with Crippen molar-refractivity contribution < 1.29 is 41.9 Å². The number of benzene rings is 2. The lowest BCUT2D eigenvalue weighted by Gasteiger charge is -2.24. The van der Waals surface area contributed by atoms with E-state index in [1.807, 2.05) is 0 Å². The molecule has 4 rings (SSSR count). The second-order valence-corrected chi connectivity index (χ2v) is 11.5. The Morgan fingerprint density at radius 2 is 1.78 bits per heavy atom. The Bertz CT molecular complexity index is 1800. The van der Waals surface area contributed by atoms with Crippen LogP contribution in [0.15, 0.2) is 46.0 Å². The van der Waals surface area contributed by atoms with Crippen LogP contribution in [0.4, 0.5) is 24.8 Å². The van der Waals surface area contributed by atoms with Gasteiger partial charge >= 0.3 is 29.5 Å². The molecule has 49 heavy (non-hydrogen) atoms. The van der Waals surface area contributed by atoms with Gasteiger partial charge in [-0.05, 0) is 51.0 Å². The number of nitrogens with zero attached hydrogens (tertiary/aromatic N) is 5. The summed E-state index contributed by atoms with van der Waals surface area (Å²) >= 11 is 5.83. The maximum Gasteiger partial charge on any atom is 0.416 e. The van der Waals surface area contributed by atoms with Crippen molar-refractivity contribution in [1.29, 1.82) is 0 Å². The van der Waals surface area contributed by atoms with Crippen LogP contribution in [0, 0.1) is 10.1 Å². The molecule has 3 aromatic rings. The van der Waals surface area contributed by atoms with Crippen LogP contribution in [0.25, 0.3) is 0 Å². The van der Waals surface area contributed by atoms with E-state index in [0.717, 1.165) is 56.0 Å². The number of hydrogen-bond donors (Lipinski definition) is 0. The van der Waals surface area contributed by atoms with Crippen molar-refractivity contribution in [2.24, 2.45) is 7.05 Å². The summed E-state index contributed by atoms with van der Waals surface area (Å²) in [6.45, 7) is 2.81. The fourth-order valence-electron chi connectivity index (χ4n) is 4.92. The first-order valence-electron chi connectivity index (χ1n) is 15.0. The molecule has 0 bridgehead atoms. The van der Waals surface area contributed by atoms with Crippen molar-refractivity contribution in [2.45, 2.75) is 64.3 Å². The fourth-order valence-corrected chi connectivity index (χ4v) is 5.13. The predicted molar refractivity (Wildman–Crippen MR) is 171 cm³/mol. The predicted octanol–water partition coefficient (Wildman–Crippen LogP) is 5.68. The largest absolute Gasteiger partial charge is 0.463 e. The summed E-state index contributed by atoms with van der Waals surface area (Å²) in [6.07, 6.45) is -0.792. The highest BCUT2D eigenvalue weighted by Gasteiger charge is 2.31. The minimum Gasteiger partial charge on any atom is -0.463 e. The van der Waals surface area contributed by atoms with E-state index in [0.29, 0.717) is 12.0 Å². The number of alkyl halides is 3. The molecular weight excluding hydrogens is 679 g/mol. The number of esters is 2. The summed E-state index contributed by atoms with van der Waals surface area (Å²) in [5.41, 5.74) is -2.85. The summed E-state index contributed by atoms with van der Waals surface area (Å²) in [7, 11) is 5.20. The van der Waals surface area contributed by atoms with E-state index in [4.69, 9.17) is 25.8 Å². The first-order chi connectivity index (χ1) is 23.0. The molecular formula is C31H35ClF3N5O9. The lowest BCUT2D eigenvalue weighted by atomic mass is 9.95. The highest BCUT2D eigenvalue weighted by molar-refractivity contribution is 6.32. The van der Waals surface area contributed by atoms with Gasteiger partial charge in [-0.15, -0.1) is 0 Å². The Morgan fingerprint density at radius 1 is 1.12 bits per heavy atom. The molecule has 266 valence electrons. The number of nitro benzene ring substituents is 1. The van der Waals surface area contributed by atoms with Gasteiger partial charge in [0.2, 0.25) is 5.95 Å². The molecule has 18 heteroatoms. The van der Waals surface area contributed by atoms with Crippen molar-refractivity contribution in [1.82, 2.24) is 14.1 Å². The Balaban J connectivity index is 0.000000305. The first kappa shape index (κ1) is 38.5. The molecule has 1 saturated carbocycles. The second kappa shape index (κ2) is 16.5. The molecule has 14 nitrogen and oxygen atoms in total. The van der Waals surface area contributed by atoms with Gasteiger partial charge in [-0.3, -0.25) is 14.7 Å². The van der Waals surface area contributed by atoms with Gasteiger partial charge in [-0.25, -0.2) is 23.7 Å². The van der Waals surface area contributed by atoms with Crippen molar-refractivity contribution in [2.75, 3.05) is 25.6 Å². The van der Waals surface area contributed by atoms with Crippen LogP contribution in [0.1, 0.15) is 67.9 Å². The van der Waals surface area contributed by atoms with Crippen LogP contribution >= 0.6 is 11.6 Å². The highest BCUT2D eigenvalue weighted by atomic mass is 35.5. The number of carbonyl (C=O) groups excluding carboxylic acids is 2. The van der Waals surface area contributed by atoms with Gasteiger partial charge < -0.3 is 19.1 Å². The minimum absolute atomic E-state index is 0.0219. The monoisotopic (exact) mass is 713 g/mol. The molecule has 1 aliphatic carbocycles. The Labute approximate surface area is 283 Å². The summed E-state index contributed by atoms with van der Waals surface area (Å²) in [5, 5.41) is 10.9. The van der Waals surface area contributed by atoms with Gasteiger partial charge in [0, 0.05) is 39.3 Å². The number of nitro groups is 1. The molecule has 0 aliphatic heterocycles. The number of rotatable bonds is 9. The number of halogens is 4. The topological polar surface area (TPSA) is 165 Å². The van der Waals surface area contributed by atoms with E-state index >= 15 is 0 Å². The zero-order valence-corrected chi connectivity index (χ0v) is 28.0. The van der Waals surface area contributed by atoms with E-state index in [1.54, 1.807) is 33.0 Å². The maximum atomic E-state index is 12.8. The summed E-state index contributed by atoms with van der Waals surface area (Å²) in [4.78, 5) is 64.4. The normalized spacial score (nSPS) is 13.8. The van der Waals surface area contributed by atoms with Gasteiger partial charge in [-0.1, -0.05) is 30.9 Å². The average molecular weight is 714 g/mol. The zero-order chi connectivity index (χ0) is 36.6. The van der Waals surface area contributed by atoms with Gasteiger partial charge in [0.15, 0.2) is 6.10 Å². The third kappa shape index (κ3) is 9.81. The molecule has 0 amide bonds. The second-order valence-electron chi connectivity index (χ2n) is 11.1. The molecule has 1 aliphatic rings. The van der Waals surface area contributed by atoms with Crippen molar-refractivity contribution in [3.8, 4) is 11.5 Å². The molecule has 0 spiro atoms. The molecule has 0 N–H and O–H groups in total. The van der Waals surface area contributed by atoms with Crippen LogP contribution in [-0.2, 0) is 27.5 Å². The van der Waals surface area contributed by atoms with Crippen LogP contribution in [-0.4, -0.2) is 57.8 Å². The molecule has 1 aromatic heterocycles. The number of ether oxygens (including phenoxy) is 3. The lowest BCUT2D eigenvalue weighted by Crippen LogP contribution is -2.45. The zero-order valence-electron chi connectivity index (χ0n) is 27.3. The number of hydrogen-bond acceptors (Lipinski definition) is 11. The van der Waals surface area contributed by atoms with E-state index in [-0.39, 0.29) is 34.9 Å². The molecule has 1 atom stereocenters. The standard InChI is InChI=1S/C19H15ClF3NO7.C12H20N4O2/c1-3-29-17(25)10(2)30-18(26)13-9-12(5-6-15(13)24(27)28)31-16-7-4-11(8-14(16)20)19(21,22)23;1-14(2)10-13-11(17)16(12(18)15(10)3)9-7-5-4-6-8-9/h4-10H,3H2,1-2H3;9H,4-8H2,1-3H3. The molecule has 0 saturated heterocycles. The smallest absolute Gasteiger partial charge is 0.416 e. The minimum atomic E-state index is -4.61. The van der Waals surface area contributed by atoms with Gasteiger partial charge in [0.1, 0.15) is 17.1 Å². The summed E-state index contributed by atoms with van der Waals surface area (Å²) < 4.78 is 56.0. The SMILES string of the molecule is CCOC(=O)C(C)OC(=O)c1cc(Oc2ccc(C(F)(F)F)cc2Cl)ccc1[N+](=O)[O-].CN(C)c1nc(=O)n(C2CCCCC2)c(=O)n1C. The Kier molecular flexibility index (Phi) is 12.9. The van der Waals surface area contributed by atoms with Gasteiger partial charge in [0.05, 0.1) is 22.1 Å². The quantitative estimate of drug-likeness (QED) is 0.152. The number of carbonyl (C=O) groups is 2. The number of aromatic nitrogens is 3. The molecule has 0 radical (unpaired) electrons. The third-order valence-electron chi connectivity index (χ3n) is 7.31. The van der Waals surface area contributed by atoms with Crippen molar-refractivity contribution >= 4 is 35.2 Å². The molecule has 2 aromatic carbocycles.